The van der Waals surface area contributed by atoms with Gasteiger partial charge in [-0.3, -0.25) is 0 Å². The van der Waals surface area contributed by atoms with Crippen LogP contribution in [0.5, 0.6) is 28.7 Å². The van der Waals surface area contributed by atoms with Gasteiger partial charge < -0.3 is 23.7 Å². The molecule has 0 radical (unpaired) electrons. The summed E-state index contributed by atoms with van der Waals surface area (Å²) in [7, 11) is 3.57. The van der Waals surface area contributed by atoms with Crippen molar-refractivity contribution in [2.75, 3.05) is 35.5 Å². The number of hydrogen-bond donors (Lipinski definition) is 0. The van der Waals surface area contributed by atoms with E-state index in [4.69, 9.17) is 23.7 Å². The van der Waals surface area contributed by atoms with Crippen molar-refractivity contribution in [3.05, 3.63) is 71.0 Å². The highest BCUT2D eigenvalue weighted by molar-refractivity contribution is 7.90. The maximum Gasteiger partial charge on any atom is 0.203 e. The predicted octanol–water partition coefficient (Wildman–Crippen LogP) is 5.01. The molecule has 0 amide bonds. The van der Waals surface area contributed by atoms with E-state index in [2.05, 4.69) is 0 Å². The Hall–Kier alpha value is -3.72. The molecule has 0 N–H and O–H groups in total. The third kappa shape index (κ3) is 5.68. The van der Waals surface area contributed by atoms with Gasteiger partial charge in [-0.2, -0.15) is 0 Å². The van der Waals surface area contributed by atoms with Gasteiger partial charge in [0.1, 0.15) is 5.82 Å². The minimum Gasteiger partial charge on any atom is -0.493 e. The van der Waals surface area contributed by atoms with Crippen LogP contribution in [0.3, 0.4) is 0 Å². The molecular weight excluding hydrogens is 475 g/mol. The van der Waals surface area contributed by atoms with Crippen LogP contribution in [-0.4, -0.2) is 44.0 Å². The number of hydrogen-bond acceptors (Lipinski definition) is 7. The van der Waals surface area contributed by atoms with Crippen LogP contribution in [-0.2, 0) is 15.6 Å². The molecule has 0 aliphatic rings. The van der Waals surface area contributed by atoms with E-state index in [0.29, 0.717) is 34.1 Å². The Morgan fingerprint density at radius 3 is 1.91 bits per heavy atom. The summed E-state index contributed by atoms with van der Waals surface area (Å²) in [6.45, 7) is 0. The molecule has 0 aliphatic heterocycles. The van der Waals surface area contributed by atoms with Crippen LogP contribution in [0.1, 0.15) is 16.7 Å². The summed E-state index contributed by atoms with van der Waals surface area (Å²) in [5.74, 6) is 1.01. The highest BCUT2D eigenvalue weighted by atomic mass is 32.2. The van der Waals surface area contributed by atoms with Gasteiger partial charge in [0.05, 0.1) is 46.2 Å². The van der Waals surface area contributed by atoms with Gasteiger partial charge in [0.15, 0.2) is 32.8 Å². The monoisotopic (exact) mass is 502 g/mol. The minimum atomic E-state index is -3.90. The molecule has 0 saturated heterocycles. The van der Waals surface area contributed by atoms with E-state index >= 15 is 0 Å². The molecule has 0 bridgehead atoms. The smallest absolute Gasteiger partial charge is 0.203 e. The van der Waals surface area contributed by atoms with Crippen molar-refractivity contribution in [1.29, 1.82) is 0 Å². The molecule has 0 fully saturated rings. The lowest BCUT2D eigenvalue weighted by atomic mass is 10.0. The maximum atomic E-state index is 13.7. The van der Waals surface area contributed by atoms with Crippen molar-refractivity contribution >= 4 is 22.0 Å². The Kier molecular flexibility index (Phi) is 8.24. The molecule has 3 aromatic rings. The summed E-state index contributed by atoms with van der Waals surface area (Å²) in [5.41, 5.74) is 1.68. The number of rotatable bonds is 10. The van der Waals surface area contributed by atoms with Crippen molar-refractivity contribution in [2.24, 2.45) is 0 Å². The van der Waals surface area contributed by atoms with Crippen molar-refractivity contribution in [3.8, 4) is 28.7 Å². The molecule has 35 heavy (non-hydrogen) atoms. The second kappa shape index (κ2) is 11.1. The zero-order valence-electron chi connectivity index (χ0n) is 20.1. The first kappa shape index (κ1) is 25.9. The molecule has 0 aliphatic carbocycles. The Labute approximate surface area is 204 Å². The molecule has 7 nitrogen and oxygen atoms in total. The molecule has 0 atom stereocenters. The van der Waals surface area contributed by atoms with Crippen molar-refractivity contribution in [1.82, 2.24) is 0 Å². The van der Waals surface area contributed by atoms with Gasteiger partial charge in [0.25, 0.3) is 0 Å². The largest absolute Gasteiger partial charge is 0.493 e. The second-order valence-corrected chi connectivity index (χ2v) is 9.37. The third-order valence-corrected chi connectivity index (χ3v) is 6.96. The van der Waals surface area contributed by atoms with Crippen LogP contribution in [0.15, 0.2) is 53.4 Å². The molecule has 186 valence electrons. The van der Waals surface area contributed by atoms with Crippen LogP contribution in [0.4, 0.5) is 4.39 Å². The van der Waals surface area contributed by atoms with Crippen LogP contribution < -0.4 is 23.7 Å². The van der Waals surface area contributed by atoms with E-state index in [1.807, 2.05) is 0 Å². The average Bonchev–Trinajstić information content (AvgIpc) is 2.86. The third-order valence-electron chi connectivity index (χ3n) is 5.32. The van der Waals surface area contributed by atoms with Gasteiger partial charge in [-0.1, -0.05) is 24.3 Å². The van der Waals surface area contributed by atoms with E-state index in [1.165, 1.54) is 53.7 Å². The van der Waals surface area contributed by atoms with Crippen molar-refractivity contribution in [2.45, 2.75) is 10.6 Å². The lowest BCUT2D eigenvalue weighted by Gasteiger charge is -2.16. The first-order chi connectivity index (χ1) is 16.8. The zero-order valence-corrected chi connectivity index (χ0v) is 20.9. The summed E-state index contributed by atoms with van der Waals surface area (Å²) < 4.78 is 67.1. The molecule has 3 aromatic carbocycles. The van der Waals surface area contributed by atoms with Crippen LogP contribution in [0, 0.1) is 5.82 Å². The van der Waals surface area contributed by atoms with Crippen molar-refractivity contribution < 1.29 is 36.5 Å². The molecule has 0 heterocycles. The number of methoxy groups -OCH3 is 5. The summed E-state index contributed by atoms with van der Waals surface area (Å²) in [5, 5.41) is 0. The van der Waals surface area contributed by atoms with Crippen LogP contribution in [0.25, 0.3) is 12.2 Å². The zero-order chi connectivity index (χ0) is 25.6. The van der Waals surface area contributed by atoms with Gasteiger partial charge in [-0.25, -0.2) is 12.8 Å². The van der Waals surface area contributed by atoms with Gasteiger partial charge in [-0.05, 0) is 47.5 Å². The van der Waals surface area contributed by atoms with Gasteiger partial charge in [0, 0.05) is 5.56 Å². The summed E-state index contributed by atoms with van der Waals surface area (Å²) >= 11 is 0. The highest BCUT2D eigenvalue weighted by Gasteiger charge is 2.23. The van der Waals surface area contributed by atoms with Crippen LogP contribution in [0.2, 0.25) is 0 Å². The first-order valence-corrected chi connectivity index (χ1v) is 12.1. The molecule has 0 unspecified atom stereocenters. The fraction of sp³-hybridized carbons (Fsp3) is 0.231. The van der Waals surface area contributed by atoms with Gasteiger partial charge in [-0.15, -0.1) is 0 Å². The lowest BCUT2D eigenvalue weighted by Crippen LogP contribution is -2.09. The topological polar surface area (TPSA) is 80.3 Å². The summed E-state index contributed by atoms with van der Waals surface area (Å²) in [6, 6.07) is 11.8. The van der Waals surface area contributed by atoms with Gasteiger partial charge >= 0.3 is 0 Å². The second-order valence-electron chi connectivity index (χ2n) is 7.38. The molecule has 0 spiro atoms. The number of benzene rings is 3. The lowest BCUT2D eigenvalue weighted by molar-refractivity contribution is 0.324. The summed E-state index contributed by atoms with van der Waals surface area (Å²) in [4.78, 5) is -0.123. The molecule has 9 heteroatoms. The highest BCUT2D eigenvalue weighted by Crippen LogP contribution is 2.40. The Morgan fingerprint density at radius 1 is 0.743 bits per heavy atom. The quantitative estimate of drug-likeness (QED) is 0.361. The van der Waals surface area contributed by atoms with E-state index in [1.54, 1.807) is 36.4 Å². The van der Waals surface area contributed by atoms with E-state index < -0.39 is 21.4 Å². The Morgan fingerprint density at radius 2 is 1.37 bits per heavy atom. The number of sulfone groups is 1. The average molecular weight is 503 g/mol. The molecule has 0 saturated carbocycles. The minimum absolute atomic E-state index is 0.123. The fourth-order valence-corrected chi connectivity index (χ4v) is 5.05. The SMILES string of the molecule is COc1cc(/C=C\c2ccc(OC)c(OC)c2CS(=O)(=O)c2cccc(F)c2)cc(OC)c1OC. The Balaban J connectivity index is 2.11. The molecule has 0 aromatic heterocycles. The number of ether oxygens (including phenoxy) is 5. The normalized spacial score (nSPS) is 11.4. The first-order valence-electron chi connectivity index (χ1n) is 10.5. The Bertz CT molecular complexity index is 1310. The summed E-state index contributed by atoms with van der Waals surface area (Å²) in [6.07, 6.45) is 3.53. The predicted molar refractivity (Wildman–Crippen MR) is 132 cm³/mol. The van der Waals surface area contributed by atoms with Crippen molar-refractivity contribution in [3.63, 3.8) is 0 Å². The van der Waals surface area contributed by atoms with E-state index in [-0.39, 0.29) is 10.6 Å². The number of halogens is 1. The van der Waals surface area contributed by atoms with E-state index in [9.17, 15) is 12.8 Å². The van der Waals surface area contributed by atoms with Gasteiger partial charge in [0.2, 0.25) is 5.75 Å². The van der Waals surface area contributed by atoms with Crippen LogP contribution >= 0.6 is 0 Å². The molecule has 3 rings (SSSR count). The van der Waals surface area contributed by atoms with E-state index in [0.717, 1.165) is 11.6 Å². The fourth-order valence-electron chi connectivity index (χ4n) is 3.63. The standard InChI is InChI=1S/C26H27FO7S/c1-30-22-12-11-18(10-9-17-13-23(31-2)26(34-5)24(14-17)32-3)21(25(22)33-4)16-35(28,29)20-8-6-7-19(27)15-20/h6-15H,16H2,1-5H3/b10-9-. The maximum absolute atomic E-state index is 13.7. The molecular formula is C26H27FO7S.